The molecule has 168 valence electrons. The minimum absolute atomic E-state index is 0.00493. The van der Waals surface area contributed by atoms with Crippen LogP contribution in [0.1, 0.15) is 44.7 Å². The zero-order valence-electron chi connectivity index (χ0n) is 18.9. The van der Waals surface area contributed by atoms with E-state index in [9.17, 15) is 9.59 Å². The van der Waals surface area contributed by atoms with Crippen molar-refractivity contribution in [2.45, 2.75) is 51.7 Å². The standard InChI is InChI=1S/C25H30N4O3/c1-25(2,3)32-24(31)28-20-8-4-18(5-9-20)16-23(30)27-21-12-14-29(15-13-21)22-10-6-19(17-26)7-11-22/h4-11,21H,12-16H2,1-3H3,(H,27,30)(H,28,31). The predicted octanol–water partition coefficient (Wildman–Crippen LogP) is 4.23. The van der Waals surface area contributed by atoms with E-state index in [0.29, 0.717) is 17.7 Å². The Hall–Kier alpha value is -3.53. The van der Waals surface area contributed by atoms with Crippen LogP contribution < -0.4 is 15.5 Å². The predicted molar refractivity (Wildman–Crippen MR) is 125 cm³/mol. The van der Waals surface area contributed by atoms with Crippen molar-refractivity contribution in [2.75, 3.05) is 23.3 Å². The summed E-state index contributed by atoms with van der Waals surface area (Å²) in [7, 11) is 0. The first-order valence-electron chi connectivity index (χ1n) is 10.9. The summed E-state index contributed by atoms with van der Waals surface area (Å²) in [5.74, 6) is -0.00493. The van der Waals surface area contributed by atoms with Crippen LogP contribution >= 0.6 is 0 Å². The monoisotopic (exact) mass is 434 g/mol. The molecular weight excluding hydrogens is 404 g/mol. The van der Waals surface area contributed by atoms with Gasteiger partial charge in [-0.15, -0.1) is 0 Å². The first-order valence-corrected chi connectivity index (χ1v) is 10.9. The lowest BCUT2D eigenvalue weighted by molar-refractivity contribution is -0.121. The van der Waals surface area contributed by atoms with Crippen molar-refractivity contribution in [3.8, 4) is 6.07 Å². The molecule has 2 aromatic carbocycles. The molecule has 0 radical (unpaired) electrons. The Bertz CT molecular complexity index is 964. The Labute approximate surface area is 189 Å². The number of ether oxygens (including phenoxy) is 1. The first kappa shape index (κ1) is 23.1. The van der Waals surface area contributed by atoms with Crippen LogP contribution in [0.2, 0.25) is 0 Å². The second-order valence-corrected chi connectivity index (χ2v) is 8.99. The molecule has 2 amide bonds. The molecule has 7 nitrogen and oxygen atoms in total. The molecule has 0 aliphatic carbocycles. The largest absolute Gasteiger partial charge is 0.444 e. The van der Waals surface area contributed by atoms with Gasteiger partial charge in [0.1, 0.15) is 5.60 Å². The maximum Gasteiger partial charge on any atom is 0.412 e. The fourth-order valence-electron chi connectivity index (χ4n) is 3.62. The maximum atomic E-state index is 12.5. The molecule has 32 heavy (non-hydrogen) atoms. The van der Waals surface area contributed by atoms with Gasteiger partial charge in [-0.1, -0.05) is 12.1 Å². The number of amides is 2. The van der Waals surface area contributed by atoms with Gasteiger partial charge in [0.25, 0.3) is 0 Å². The van der Waals surface area contributed by atoms with Crippen molar-refractivity contribution in [1.29, 1.82) is 5.26 Å². The van der Waals surface area contributed by atoms with E-state index in [1.165, 1.54) is 0 Å². The van der Waals surface area contributed by atoms with Crippen molar-refractivity contribution < 1.29 is 14.3 Å². The van der Waals surface area contributed by atoms with Gasteiger partial charge in [0.2, 0.25) is 5.91 Å². The zero-order valence-corrected chi connectivity index (χ0v) is 18.9. The molecule has 2 aromatic rings. The normalized spacial score (nSPS) is 14.4. The number of hydrogen-bond acceptors (Lipinski definition) is 5. The fourth-order valence-corrected chi connectivity index (χ4v) is 3.62. The fraction of sp³-hybridized carbons (Fsp3) is 0.400. The summed E-state index contributed by atoms with van der Waals surface area (Å²) in [5, 5.41) is 14.7. The van der Waals surface area contributed by atoms with E-state index in [1.54, 1.807) is 12.1 Å². The highest BCUT2D eigenvalue weighted by atomic mass is 16.6. The molecule has 0 unspecified atom stereocenters. The third kappa shape index (κ3) is 7.02. The molecule has 0 aromatic heterocycles. The quantitative estimate of drug-likeness (QED) is 0.734. The summed E-state index contributed by atoms with van der Waals surface area (Å²) < 4.78 is 5.24. The lowest BCUT2D eigenvalue weighted by atomic mass is 10.0. The molecule has 1 aliphatic rings. The van der Waals surface area contributed by atoms with Crippen molar-refractivity contribution in [3.63, 3.8) is 0 Å². The van der Waals surface area contributed by atoms with Gasteiger partial charge in [-0.2, -0.15) is 5.26 Å². The summed E-state index contributed by atoms with van der Waals surface area (Å²) in [6.45, 7) is 7.16. The van der Waals surface area contributed by atoms with Crippen LogP contribution in [0.5, 0.6) is 0 Å². The van der Waals surface area contributed by atoms with Crippen molar-refractivity contribution >= 4 is 23.4 Å². The minimum atomic E-state index is -0.555. The van der Waals surface area contributed by atoms with Crippen LogP contribution in [0, 0.1) is 11.3 Å². The molecule has 1 fully saturated rings. The van der Waals surface area contributed by atoms with Gasteiger partial charge < -0.3 is 15.0 Å². The van der Waals surface area contributed by atoms with Crippen LogP contribution in [0.25, 0.3) is 0 Å². The molecule has 0 atom stereocenters. The van der Waals surface area contributed by atoms with E-state index in [2.05, 4.69) is 21.6 Å². The summed E-state index contributed by atoms with van der Waals surface area (Å²) in [6.07, 6.45) is 1.55. The molecule has 7 heteroatoms. The number of nitrogens with zero attached hydrogens (tertiary/aromatic N) is 2. The van der Waals surface area contributed by atoms with E-state index in [4.69, 9.17) is 10.00 Å². The molecule has 2 N–H and O–H groups in total. The van der Waals surface area contributed by atoms with Crippen molar-refractivity contribution in [1.82, 2.24) is 5.32 Å². The highest BCUT2D eigenvalue weighted by Crippen LogP contribution is 2.21. The van der Waals surface area contributed by atoms with Gasteiger partial charge in [0.15, 0.2) is 0 Å². The van der Waals surface area contributed by atoms with E-state index in [1.807, 2.05) is 57.2 Å². The van der Waals surface area contributed by atoms with Crippen molar-refractivity contribution in [3.05, 3.63) is 59.7 Å². The summed E-state index contributed by atoms with van der Waals surface area (Å²) >= 11 is 0. The number of nitrogens with one attached hydrogen (secondary N) is 2. The SMILES string of the molecule is CC(C)(C)OC(=O)Nc1ccc(CC(=O)NC2CCN(c3ccc(C#N)cc3)CC2)cc1. The Morgan fingerprint density at radius 2 is 1.69 bits per heavy atom. The van der Waals surface area contributed by atoms with Gasteiger partial charge in [-0.3, -0.25) is 10.1 Å². The Morgan fingerprint density at radius 1 is 1.06 bits per heavy atom. The number of anilines is 2. The molecule has 1 heterocycles. The average Bonchev–Trinajstić information content (AvgIpc) is 2.74. The number of hydrogen-bond donors (Lipinski definition) is 2. The van der Waals surface area contributed by atoms with Crippen LogP contribution in [-0.2, 0) is 16.0 Å². The highest BCUT2D eigenvalue weighted by molar-refractivity contribution is 5.85. The molecule has 3 rings (SSSR count). The first-order chi connectivity index (χ1) is 15.2. The molecule has 1 saturated heterocycles. The van der Waals surface area contributed by atoms with E-state index in [0.717, 1.165) is 37.2 Å². The lowest BCUT2D eigenvalue weighted by Gasteiger charge is -2.34. The molecule has 1 aliphatic heterocycles. The van der Waals surface area contributed by atoms with Crippen LogP contribution in [0.3, 0.4) is 0 Å². The number of rotatable bonds is 5. The van der Waals surface area contributed by atoms with Crippen molar-refractivity contribution in [2.24, 2.45) is 0 Å². The Balaban J connectivity index is 1.43. The van der Waals surface area contributed by atoms with Gasteiger partial charge in [0.05, 0.1) is 18.1 Å². The zero-order chi connectivity index (χ0) is 23.1. The number of carbonyl (C=O) groups is 2. The minimum Gasteiger partial charge on any atom is -0.444 e. The van der Waals surface area contributed by atoms with Crippen LogP contribution in [-0.4, -0.2) is 36.7 Å². The average molecular weight is 435 g/mol. The third-order valence-corrected chi connectivity index (χ3v) is 5.19. The van der Waals surface area contributed by atoms with Gasteiger partial charge >= 0.3 is 6.09 Å². The Kier molecular flexibility index (Phi) is 7.37. The lowest BCUT2D eigenvalue weighted by Crippen LogP contribution is -2.45. The van der Waals surface area contributed by atoms with Gasteiger partial charge in [0, 0.05) is 30.5 Å². The molecular formula is C25H30N4O3. The second-order valence-electron chi connectivity index (χ2n) is 8.99. The molecule has 0 saturated carbocycles. The smallest absolute Gasteiger partial charge is 0.412 e. The summed E-state index contributed by atoms with van der Waals surface area (Å²) in [5.41, 5.74) is 2.71. The van der Waals surface area contributed by atoms with Gasteiger partial charge in [-0.25, -0.2) is 4.79 Å². The van der Waals surface area contributed by atoms with E-state index >= 15 is 0 Å². The molecule has 0 bridgehead atoms. The Morgan fingerprint density at radius 3 is 2.25 bits per heavy atom. The highest BCUT2D eigenvalue weighted by Gasteiger charge is 2.21. The second kappa shape index (κ2) is 10.2. The number of carbonyl (C=O) groups excluding carboxylic acids is 2. The number of piperidine rings is 1. The van der Waals surface area contributed by atoms with Gasteiger partial charge in [-0.05, 0) is 75.6 Å². The number of nitriles is 1. The topological polar surface area (TPSA) is 94.5 Å². The number of benzene rings is 2. The summed E-state index contributed by atoms with van der Waals surface area (Å²) in [6, 6.07) is 17.1. The molecule has 0 spiro atoms. The summed E-state index contributed by atoms with van der Waals surface area (Å²) in [4.78, 5) is 26.6. The maximum absolute atomic E-state index is 12.5. The third-order valence-electron chi connectivity index (χ3n) is 5.19. The van der Waals surface area contributed by atoms with Crippen LogP contribution in [0.4, 0.5) is 16.2 Å². The van der Waals surface area contributed by atoms with E-state index in [-0.39, 0.29) is 11.9 Å². The van der Waals surface area contributed by atoms with Crippen LogP contribution in [0.15, 0.2) is 48.5 Å². The van der Waals surface area contributed by atoms with E-state index < -0.39 is 11.7 Å².